The average molecular weight is 489 g/mol. The van der Waals surface area contributed by atoms with Gasteiger partial charge in [-0.25, -0.2) is 9.97 Å². The first-order valence-corrected chi connectivity index (χ1v) is 12.3. The fraction of sp³-hybridized carbons (Fsp3) is 0.542. The molecule has 4 atom stereocenters. The van der Waals surface area contributed by atoms with Crippen LogP contribution in [0.3, 0.4) is 0 Å². The molecule has 1 aliphatic heterocycles. The fourth-order valence-corrected chi connectivity index (χ4v) is 6.07. The summed E-state index contributed by atoms with van der Waals surface area (Å²) < 4.78 is 21.3. The Morgan fingerprint density at radius 2 is 1.94 bits per heavy atom. The van der Waals surface area contributed by atoms with Crippen LogP contribution in [-0.4, -0.2) is 44.1 Å². The molecule has 0 bridgehead atoms. The van der Waals surface area contributed by atoms with Crippen molar-refractivity contribution < 1.29 is 14.2 Å². The Bertz CT molecular complexity index is 1210. The molecule has 3 aliphatic rings. The van der Waals surface area contributed by atoms with Gasteiger partial charge < -0.3 is 18.8 Å². The van der Waals surface area contributed by atoms with Crippen LogP contribution in [0.5, 0.6) is 5.75 Å². The van der Waals surface area contributed by atoms with Gasteiger partial charge in [0.05, 0.1) is 24.1 Å². The van der Waals surface area contributed by atoms with Crippen molar-refractivity contribution in [1.29, 1.82) is 0 Å². The third-order valence-corrected chi connectivity index (χ3v) is 7.65. The number of hydrogen-bond donors (Lipinski definition) is 0. The van der Waals surface area contributed by atoms with Gasteiger partial charge >= 0.3 is 0 Å². The monoisotopic (exact) mass is 488 g/mol. The van der Waals surface area contributed by atoms with Gasteiger partial charge in [-0.3, -0.25) is 4.98 Å². The molecule has 3 aromatic heterocycles. The van der Waals surface area contributed by atoms with E-state index < -0.39 is 5.79 Å². The predicted octanol–water partition coefficient (Wildman–Crippen LogP) is 5.17. The summed E-state index contributed by atoms with van der Waals surface area (Å²) in [5.41, 5.74) is 3.08. The molecule has 7 nitrogen and oxygen atoms in total. The second-order valence-corrected chi connectivity index (χ2v) is 10.4. The van der Waals surface area contributed by atoms with Gasteiger partial charge in [-0.05, 0) is 52.0 Å². The molecule has 0 N–H and O–H groups in total. The van der Waals surface area contributed by atoms with E-state index in [0.29, 0.717) is 16.8 Å². The Labute approximate surface area is 202 Å². The summed E-state index contributed by atoms with van der Waals surface area (Å²) >= 11 is 12.8. The number of pyridine rings is 1. The molecule has 2 fully saturated rings. The molecule has 6 rings (SSSR count). The zero-order valence-electron chi connectivity index (χ0n) is 18.6. The van der Waals surface area contributed by atoms with Crippen LogP contribution in [0.25, 0.3) is 11.0 Å². The zero-order valence-corrected chi connectivity index (χ0v) is 20.1. The summed E-state index contributed by atoms with van der Waals surface area (Å²) in [4.78, 5) is 13.1. The highest BCUT2D eigenvalue weighted by atomic mass is 35.5. The van der Waals surface area contributed by atoms with Gasteiger partial charge in [0, 0.05) is 29.6 Å². The quantitative estimate of drug-likeness (QED) is 0.471. The summed E-state index contributed by atoms with van der Waals surface area (Å²) in [6.45, 7) is 4.43. The largest absolute Gasteiger partial charge is 0.491 e. The van der Waals surface area contributed by atoms with Crippen molar-refractivity contribution in [2.45, 2.75) is 70.0 Å². The molecule has 1 unspecified atom stereocenters. The lowest BCUT2D eigenvalue weighted by Crippen LogP contribution is -2.29. The Balaban J connectivity index is 1.30. The van der Waals surface area contributed by atoms with Crippen molar-refractivity contribution in [3.05, 3.63) is 46.2 Å². The van der Waals surface area contributed by atoms with Gasteiger partial charge in [-0.15, -0.1) is 0 Å². The number of halogens is 2. The summed E-state index contributed by atoms with van der Waals surface area (Å²) in [5.74, 6) is 0.264. The van der Waals surface area contributed by atoms with Crippen LogP contribution in [0.15, 0.2) is 24.8 Å². The molecular weight excluding hydrogens is 463 g/mol. The van der Waals surface area contributed by atoms with Crippen LogP contribution < -0.4 is 4.74 Å². The molecule has 0 radical (unpaired) electrons. The number of fused-ring (bicyclic) bond motifs is 3. The number of aryl methyl sites for hydroxylation is 1. The number of ether oxygens (including phenoxy) is 3. The van der Waals surface area contributed by atoms with Gasteiger partial charge in [0.15, 0.2) is 5.79 Å². The molecule has 2 aliphatic carbocycles. The lowest BCUT2D eigenvalue weighted by Gasteiger charge is -2.25. The van der Waals surface area contributed by atoms with Crippen LogP contribution in [0.4, 0.5) is 0 Å². The number of rotatable bonds is 4. The van der Waals surface area contributed by atoms with Gasteiger partial charge in [-0.1, -0.05) is 23.2 Å². The molecule has 9 heteroatoms. The van der Waals surface area contributed by atoms with Gasteiger partial charge in [0.25, 0.3) is 0 Å². The minimum Gasteiger partial charge on any atom is -0.491 e. The Morgan fingerprint density at radius 3 is 2.82 bits per heavy atom. The molecule has 3 aromatic rings. The highest BCUT2D eigenvalue weighted by molar-refractivity contribution is 6.34. The van der Waals surface area contributed by atoms with E-state index >= 15 is 0 Å². The van der Waals surface area contributed by atoms with Crippen molar-refractivity contribution in [3.63, 3.8) is 0 Å². The molecule has 1 saturated carbocycles. The zero-order chi connectivity index (χ0) is 22.7. The topological polar surface area (TPSA) is 71.3 Å². The van der Waals surface area contributed by atoms with E-state index in [-0.39, 0.29) is 24.2 Å². The van der Waals surface area contributed by atoms with E-state index in [1.165, 1.54) is 6.33 Å². The molecule has 0 spiro atoms. The van der Waals surface area contributed by atoms with Crippen molar-refractivity contribution >= 4 is 34.2 Å². The fourth-order valence-electron chi connectivity index (χ4n) is 5.66. The average Bonchev–Trinajstić information content (AvgIpc) is 3.45. The normalized spacial score (nSPS) is 28.1. The number of hydrogen-bond acceptors (Lipinski definition) is 6. The van der Waals surface area contributed by atoms with Crippen molar-refractivity contribution in [1.82, 2.24) is 19.5 Å². The van der Waals surface area contributed by atoms with Crippen LogP contribution in [0, 0.1) is 5.92 Å². The van der Waals surface area contributed by atoms with E-state index in [9.17, 15) is 0 Å². The molecular formula is C24H26Cl2N4O3. The third-order valence-electron chi connectivity index (χ3n) is 7.07. The summed E-state index contributed by atoms with van der Waals surface area (Å²) in [6.07, 6.45) is 10.1. The Hall–Kier alpha value is -1.93. The maximum absolute atomic E-state index is 6.52. The van der Waals surface area contributed by atoms with Crippen LogP contribution in [0.2, 0.25) is 10.2 Å². The highest BCUT2D eigenvalue weighted by Crippen LogP contribution is 2.48. The van der Waals surface area contributed by atoms with E-state index in [0.717, 1.165) is 60.1 Å². The third kappa shape index (κ3) is 3.70. The predicted molar refractivity (Wildman–Crippen MR) is 125 cm³/mol. The Morgan fingerprint density at radius 1 is 1.12 bits per heavy atom. The number of nitrogens with zero attached hydrogens (tertiary/aromatic N) is 4. The smallest absolute Gasteiger partial charge is 0.163 e. The van der Waals surface area contributed by atoms with Gasteiger partial charge in [-0.2, -0.15) is 0 Å². The van der Waals surface area contributed by atoms with E-state index in [2.05, 4.69) is 19.5 Å². The molecule has 174 valence electrons. The van der Waals surface area contributed by atoms with E-state index in [1.807, 2.05) is 26.1 Å². The maximum Gasteiger partial charge on any atom is 0.163 e. The van der Waals surface area contributed by atoms with Crippen LogP contribution in [-0.2, 0) is 22.3 Å². The first-order valence-electron chi connectivity index (χ1n) is 11.5. The lowest BCUT2D eigenvalue weighted by atomic mass is 9.95. The minimum absolute atomic E-state index is 0.0515. The second kappa shape index (κ2) is 8.08. The second-order valence-electron chi connectivity index (χ2n) is 9.63. The molecule has 1 saturated heterocycles. The van der Waals surface area contributed by atoms with Crippen molar-refractivity contribution in [2.75, 3.05) is 6.61 Å². The van der Waals surface area contributed by atoms with Crippen molar-refractivity contribution in [2.24, 2.45) is 5.92 Å². The van der Waals surface area contributed by atoms with Crippen molar-refractivity contribution in [3.8, 4) is 5.75 Å². The van der Waals surface area contributed by atoms with Gasteiger partial charge in [0.1, 0.15) is 34.0 Å². The standard InChI is InChI=1S/C24H26Cl2N4O3/c1-24(2)32-19-13(11-31-20-14-5-3-4-6-17(14)27-10-16(20)25)9-18(21(19)33-24)30-8-7-15-22(26)28-12-29-23(15)30/h7-8,10,12-13,18-19,21H,3-6,9,11H2,1-2H3/t13?,18-,19-,21+/m1/s1. The van der Waals surface area contributed by atoms with Crippen LogP contribution >= 0.6 is 23.2 Å². The van der Waals surface area contributed by atoms with Gasteiger partial charge in [0.2, 0.25) is 0 Å². The SMILES string of the molecule is CC1(C)O[C@@H]2[C@H](O1)C(COc1c(Cl)cnc3c1CCCC3)C[C@H]2n1ccc2c(Cl)ncnc21. The lowest BCUT2D eigenvalue weighted by molar-refractivity contribution is -0.161. The molecule has 0 amide bonds. The number of aromatic nitrogens is 4. The summed E-state index contributed by atoms with van der Waals surface area (Å²) in [5, 5.41) is 1.87. The Kier molecular flexibility index (Phi) is 5.29. The first kappa shape index (κ1) is 21.6. The van der Waals surface area contributed by atoms with Crippen LogP contribution in [0.1, 0.15) is 50.4 Å². The molecule has 4 heterocycles. The molecule has 0 aromatic carbocycles. The first-order chi connectivity index (χ1) is 15.9. The summed E-state index contributed by atoms with van der Waals surface area (Å²) in [6, 6.07) is 2.01. The van der Waals surface area contributed by atoms with E-state index in [4.69, 9.17) is 37.4 Å². The summed E-state index contributed by atoms with van der Waals surface area (Å²) in [7, 11) is 0. The highest BCUT2D eigenvalue weighted by Gasteiger charge is 2.55. The maximum atomic E-state index is 6.52. The minimum atomic E-state index is -0.657. The van der Waals surface area contributed by atoms with E-state index in [1.54, 1.807) is 6.20 Å². The molecule has 33 heavy (non-hydrogen) atoms.